The number of aliphatic hydroxyl groups is 1. The zero-order chi connectivity index (χ0) is 20.6. The number of aliphatic carboxylic acids is 1. The maximum atomic E-state index is 12.0. The van der Waals surface area contributed by atoms with E-state index in [-0.39, 0.29) is 19.0 Å². The predicted molar refractivity (Wildman–Crippen MR) is 100 cm³/mol. The number of methoxy groups -OCH3 is 1. The lowest BCUT2D eigenvalue weighted by Gasteiger charge is -2.34. The third-order valence-corrected chi connectivity index (χ3v) is 5.16. The zero-order valence-corrected chi connectivity index (χ0v) is 16.8. The van der Waals surface area contributed by atoms with Gasteiger partial charge in [-0.05, 0) is 45.4 Å². The second kappa shape index (κ2) is 7.38. The Balaban J connectivity index is 2.46. The third-order valence-electron chi connectivity index (χ3n) is 5.16. The van der Waals surface area contributed by atoms with Gasteiger partial charge in [-0.1, -0.05) is 13.0 Å². The van der Waals surface area contributed by atoms with E-state index in [9.17, 15) is 14.7 Å². The summed E-state index contributed by atoms with van der Waals surface area (Å²) in [7, 11) is 1.56. The lowest BCUT2D eigenvalue weighted by atomic mass is 9.72. The van der Waals surface area contributed by atoms with Crippen molar-refractivity contribution in [2.75, 3.05) is 20.2 Å². The number of likely N-dealkylation sites (tertiary alicyclic amines) is 1. The highest BCUT2D eigenvalue weighted by atomic mass is 16.5. The van der Waals surface area contributed by atoms with E-state index in [4.69, 9.17) is 14.6 Å². The highest BCUT2D eigenvalue weighted by Crippen LogP contribution is 2.47. The number of ether oxygens (including phenoxy) is 2. The van der Waals surface area contributed by atoms with Crippen LogP contribution in [0.25, 0.3) is 0 Å². The molecule has 0 aliphatic carbocycles. The van der Waals surface area contributed by atoms with Crippen LogP contribution in [0.2, 0.25) is 0 Å². The van der Waals surface area contributed by atoms with Crippen LogP contribution in [0, 0.1) is 5.41 Å². The number of hydrogen-bond acceptors (Lipinski definition) is 5. The highest BCUT2D eigenvalue weighted by Gasteiger charge is 2.49. The molecule has 27 heavy (non-hydrogen) atoms. The van der Waals surface area contributed by atoms with Gasteiger partial charge in [0.2, 0.25) is 0 Å². The average molecular weight is 379 g/mol. The molecule has 1 fully saturated rings. The number of amides is 1. The van der Waals surface area contributed by atoms with E-state index in [1.807, 2.05) is 39.8 Å². The van der Waals surface area contributed by atoms with Crippen LogP contribution in [0.15, 0.2) is 18.2 Å². The topological polar surface area (TPSA) is 96.3 Å². The Labute approximate surface area is 159 Å². The Morgan fingerprint density at radius 3 is 2.41 bits per heavy atom. The number of carbonyl (C=O) groups excluding carboxylic acids is 1. The fraction of sp³-hybridized carbons (Fsp3) is 0.600. The molecule has 150 valence electrons. The Kier molecular flexibility index (Phi) is 5.75. The van der Waals surface area contributed by atoms with Gasteiger partial charge in [-0.15, -0.1) is 0 Å². The van der Waals surface area contributed by atoms with Crippen molar-refractivity contribution in [1.29, 1.82) is 0 Å². The number of carboxylic acids is 1. The summed E-state index contributed by atoms with van der Waals surface area (Å²) in [6.45, 7) is 9.71. The Morgan fingerprint density at radius 2 is 1.93 bits per heavy atom. The lowest BCUT2D eigenvalue weighted by Crippen LogP contribution is -2.39. The van der Waals surface area contributed by atoms with Crippen LogP contribution in [-0.2, 0) is 9.59 Å². The SMILES string of the molecule is COc1ccc([C@@H]2CN(C(=O)C(=O)O)C[C@@]2(C)[C@@H](C)O)cc1OC(C)(C)C. The van der Waals surface area contributed by atoms with Gasteiger partial charge in [-0.25, -0.2) is 4.79 Å². The molecule has 1 aliphatic rings. The number of carbonyl (C=O) groups is 2. The average Bonchev–Trinajstić information content (AvgIpc) is 2.91. The third kappa shape index (κ3) is 4.35. The number of nitrogens with zero attached hydrogens (tertiary/aromatic N) is 1. The smallest absolute Gasteiger partial charge is 0.394 e. The van der Waals surface area contributed by atoms with Crippen molar-refractivity contribution in [3.63, 3.8) is 0 Å². The summed E-state index contributed by atoms with van der Waals surface area (Å²) < 4.78 is 11.4. The molecule has 1 aromatic rings. The fourth-order valence-electron chi connectivity index (χ4n) is 3.53. The quantitative estimate of drug-likeness (QED) is 0.779. The van der Waals surface area contributed by atoms with E-state index < -0.39 is 29.0 Å². The molecule has 0 aromatic heterocycles. The summed E-state index contributed by atoms with van der Waals surface area (Å²) in [4.78, 5) is 24.4. The van der Waals surface area contributed by atoms with Crippen LogP contribution in [0.5, 0.6) is 11.5 Å². The van der Waals surface area contributed by atoms with Gasteiger partial charge in [0.05, 0.1) is 13.2 Å². The first-order valence-electron chi connectivity index (χ1n) is 8.96. The molecule has 0 saturated carbocycles. The minimum atomic E-state index is -1.49. The van der Waals surface area contributed by atoms with Crippen LogP contribution in [-0.4, -0.2) is 58.9 Å². The Hall–Kier alpha value is -2.28. The fourth-order valence-corrected chi connectivity index (χ4v) is 3.53. The summed E-state index contributed by atoms with van der Waals surface area (Å²) in [5.41, 5.74) is -0.252. The molecule has 7 nitrogen and oxygen atoms in total. The van der Waals surface area contributed by atoms with Gasteiger partial charge in [-0.3, -0.25) is 4.79 Å². The van der Waals surface area contributed by atoms with E-state index in [0.29, 0.717) is 11.5 Å². The molecule has 3 atom stereocenters. The molecule has 1 saturated heterocycles. The number of carboxylic acid groups (broad SMARTS) is 1. The van der Waals surface area contributed by atoms with Crippen molar-refractivity contribution >= 4 is 11.9 Å². The first kappa shape index (κ1) is 21.0. The predicted octanol–water partition coefficient (Wildman–Crippen LogP) is 2.27. The van der Waals surface area contributed by atoms with Crippen LogP contribution < -0.4 is 9.47 Å². The molecule has 0 radical (unpaired) electrons. The molecule has 1 aliphatic heterocycles. The van der Waals surface area contributed by atoms with Crippen molar-refractivity contribution < 1.29 is 29.3 Å². The van der Waals surface area contributed by atoms with Gasteiger partial charge in [0.1, 0.15) is 5.60 Å². The Bertz CT molecular complexity index is 724. The molecule has 2 N–H and O–H groups in total. The van der Waals surface area contributed by atoms with Crippen molar-refractivity contribution in [2.45, 2.75) is 52.2 Å². The number of aliphatic hydroxyl groups excluding tert-OH is 1. The maximum absolute atomic E-state index is 12.0. The van der Waals surface area contributed by atoms with Crippen LogP contribution in [0.4, 0.5) is 0 Å². The summed E-state index contributed by atoms with van der Waals surface area (Å²) >= 11 is 0. The van der Waals surface area contributed by atoms with E-state index >= 15 is 0 Å². The normalized spacial score (nSPS) is 23.8. The molecule has 1 amide bonds. The largest absolute Gasteiger partial charge is 0.493 e. The minimum Gasteiger partial charge on any atom is -0.493 e. The Morgan fingerprint density at radius 1 is 1.30 bits per heavy atom. The zero-order valence-electron chi connectivity index (χ0n) is 16.8. The van der Waals surface area contributed by atoms with Crippen molar-refractivity contribution in [2.24, 2.45) is 5.41 Å². The molecule has 0 unspecified atom stereocenters. The standard InChI is InChI=1S/C20H29NO6/c1-12(22)20(5)11-21(17(23)18(24)25)10-14(20)13-7-8-15(26-6)16(9-13)27-19(2,3)4/h7-9,12,14,22H,10-11H2,1-6H3,(H,24,25)/t12-,14+,20+/m1/s1. The molecule has 1 heterocycles. The second-order valence-corrected chi connectivity index (χ2v) is 8.35. The summed E-state index contributed by atoms with van der Waals surface area (Å²) in [5.74, 6) is -1.53. The molecule has 1 aromatic carbocycles. The molecular formula is C20H29NO6. The maximum Gasteiger partial charge on any atom is 0.394 e. The van der Waals surface area contributed by atoms with Gasteiger partial charge < -0.3 is 24.6 Å². The van der Waals surface area contributed by atoms with Crippen molar-refractivity contribution in [1.82, 2.24) is 4.90 Å². The van der Waals surface area contributed by atoms with E-state index in [0.717, 1.165) is 5.56 Å². The minimum absolute atomic E-state index is 0.169. The number of hydrogen-bond donors (Lipinski definition) is 2. The first-order valence-corrected chi connectivity index (χ1v) is 8.96. The summed E-state index contributed by atoms with van der Waals surface area (Å²) in [6.07, 6.45) is -0.733. The van der Waals surface area contributed by atoms with Crippen molar-refractivity contribution in [3.8, 4) is 11.5 Å². The van der Waals surface area contributed by atoms with Crippen LogP contribution in [0.3, 0.4) is 0 Å². The summed E-state index contributed by atoms with van der Waals surface area (Å²) in [5, 5.41) is 19.5. The lowest BCUT2D eigenvalue weighted by molar-refractivity contribution is -0.155. The van der Waals surface area contributed by atoms with Crippen molar-refractivity contribution in [3.05, 3.63) is 23.8 Å². The van der Waals surface area contributed by atoms with E-state index in [2.05, 4.69) is 0 Å². The van der Waals surface area contributed by atoms with Gasteiger partial charge in [0.15, 0.2) is 11.5 Å². The monoisotopic (exact) mass is 379 g/mol. The van der Waals surface area contributed by atoms with Gasteiger partial charge in [0, 0.05) is 24.4 Å². The van der Waals surface area contributed by atoms with Crippen LogP contribution >= 0.6 is 0 Å². The molecule has 2 rings (SSSR count). The van der Waals surface area contributed by atoms with E-state index in [1.165, 1.54) is 4.90 Å². The molecule has 0 spiro atoms. The van der Waals surface area contributed by atoms with Gasteiger partial charge >= 0.3 is 11.9 Å². The van der Waals surface area contributed by atoms with Gasteiger partial charge in [-0.2, -0.15) is 0 Å². The second-order valence-electron chi connectivity index (χ2n) is 8.35. The number of benzene rings is 1. The molecular weight excluding hydrogens is 350 g/mol. The summed E-state index contributed by atoms with van der Waals surface area (Å²) in [6, 6.07) is 5.51. The van der Waals surface area contributed by atoms with E-state index in [1.54, 1.807) is 20.1 Å². The molecule has 7 heteroatoms. The number of rotatable bonds is 4. The van der Waals surface area contributed by atoms with Gasteiger partial charge in [0.25, 0.3) is 0 Å². The highest BCUT2D eigenvalue weighted by molar-refractivity contribution is 6.31. The van der Waals surface area contributed by atoms with Crippen LogP contribution in [0.1, 0.15) is 46.1 Å². The first-order chi connectivity index (χ1) is 12.4. The molecule has 0 bridgehead atoms.